The first-order valence-corrected chi connectivity index (χ1v) is 12.7. The van der Waals surface area contributed by atoms with Gasteiger partial charge in [-0.05, 0) is 56.0 Å². The number of halogens is 4. The van der Waals surface area contributed by atoms with Gasteiger partial charge >= 0.3 is 6.18 Å². The maximum atomic E-state index is 13.7. The summed E-state index contributed by atoms with van der Waals surface area (Å²) in [5.74, 6) is 2.62. The second-order valence-electron chi connectivity index (χ2n) is 10.1. The highest BCUT2D eigenvalue weighted by Gasteiger charge is 2.42. The number of terminal acetylenes is 1. The van der Waals surface area contributed by atoms with Crippen LogP contribution < -0.4 is 5.32 Å². The molecule has 2 aliphatic rings. The van der Waals surface area contributed by atoms with Gasteiger partial charge in [-0.2, -0.15) is 13.2 Å². The van der Waals surface area contributed by atoms with Gasteiger partial charge in [0.05, 0.1) is 36.8 Å². The Morgan fingerprint density at radius 3 is 2.78 bits per heavy atom. The van der Waals surface area contributed by atoms with Gasteiger partial charge in [0.25, 0.3) is 0 Å². The van der Waals surface area contributed by atoms with E-state index in [1.807, 2.05) is 37.3 Å². The van der Waals surface area contributed by atoms with Gasteiger partial charge in [-0.1, -0.05) is 12.0 Å². The van der Waals surface area contributed by atoms with Crippen LogP contribution in [0.4, 0.5) is 23.2 Å². The first-order chi connectivity index (χ1) is 17.8. The molecule has 196 valence electrons. The maximum Gasteiger partial charge on any atom is 0.401 e. The number of rotatable bonds is 7. The molecule has 0 aliphatic carbocycles. The molecule has 2 aliphatic heterocycles. The second-order valence-corrected chi connectivity index (χ2v) is 10.1. The van der Waals surface area contributed by atoms with E-state index in [0.29, 0.717) is 24.1 Å². The van der Waals surface area contributed by atoms with Gasteiger partial charge in [-0.3, -0.25) is 14.3 Å². The van der Waals surface area contributed by atoms with Crippen molar-refractivity contribution in [3.8, 4) is 12.3 Å². The second kappa shape index (κ2) is 10.3. The maximum absolute atomic E-state index is 13.7. The number of nitrogens with zero attached hydrogens (tertiary/aromatic N) is 3. The van der Waals surface area contributed by atoms with E-state index >= 15 is 0 Å². The van der Waals surface area contributed by atoms with E-state index in [9.17, 15) is 17.6 Å². The standard InChI is InChI=1S/C28H31F4N5/c1-3-19-5-7-22-23-13-18(2)37(17-28(30,31)32)27(26(23)35-25(22)14-19)24-8-6-20(15-33-24)34-21-9-12-36(16-21)11-4-10-29/h1,5-8,14-15,18,21,27,34-35H,4,9-13,16-17H2,2H3/t18-,21+,27-/m1/s1. The molecule has 37 heavy (non-hydrogen) atoms. The van der Waals surface area contributed by atoms with Gasteiger partial charge in [0.15, 0.2) is 0 Å². The molecule has 1 aromatic carbocycles. The molecule has 3 atom stereocenters. The van der Waals surface area contributed by atoms with E-state index in [1.54, 1.807) is 6.20 Å². The molecule has 0 spiro atoms. The number of hydrogen-bond donors (Lipinski definition) is 2. The Morgan fingerprint density at radius 2 is 2.08 bits per heavy atom. The molecule has 0 amide bonds. The number of fused-ring (bicyclic) bond motifs is 3. The molecule has 0 saturated carbocycles. The van der Waals surface area contributed by atoms with Crippen LogP contribution in [0, 0.1) is 12.3 Å². The first kappa shape index (κ1) is 25.6. The van der Waals surface area contributed by atoms with Crippen LogP contribution in [0.15, 0.2) is 36.5 Å². The Bertz CT molecular complexity index is 1280. The smallest absolute Gasteiger partial charge is 0.380 e. The predicted molar refractivity (Wildman–Crippen MR) is 137 cm³/mol. The van der Waals surface area contributed by atoms with Crippen molar-refractivity contribution in [2.24, 2.45) is 0 Å². The summed E-state index contributed by atoms with van der Waals surface area (Å²) in [6, 6.07) is 8.60. The van der Waals surface area contributed by atoms with Crippen LogP contribution in [-0.2, 0) is 6.42 Å². The Morgan fingerprint density at radius 1 is 1.24 bits per heavy atom. The largest absolute Gasteiger partial charge is 0.401 e. The Balaban J connectivity index is 1.44. The average molecular weight is 514 g/mol. The molecule has 2 N–H and O–H groups in total. The molecule has 5 nitrogen and oxygen atoms in total. The number of alkyl halides is 4. The summed E-state index contributed by atoms with van der Waals surface area (Å²) >= 11 is 0. The molecular weight excluding hydrogens is 482 g/mol. The minimum absolute atomic E-state index is 0.231. The van der Waals surface area contributed by atoms with Gasteiger partial charge in [0.2, 0.25) is 0 Å². The van der Waals surface area contributed by atoms with E-state index < -0.39 is 18.8 Å². The highest BCUT2D eigenvalue weighted by molar-refractivity contribution is 5.86. The minimum Gasteiger partial charge on any atom is -0.380 e. The molecule has 9 heteroatoms. The lowest BCUT2D eigenvalue weighted by atomic mass is 9.90. The summed E-state index contributed by atoms with van der Waals surface area (Å²) < 4.78 is 53.4. The van der Waals surface area contributed by atoms with Crippen molar-refractivity contribution in [2.75, 3.05) is 38.2 Å². The van der Waals surface area contributed by atoms with Gasteiger partial charge in [0.1, 0.15) is 0 Å². The summed E-state index contributed by atoms with van der Waals surface area (Å²) in [4.78, 5) is 11.7. The highest BCUT2D eigenvalue weighted by Crippen LogP contribution is 2.41. The number of likely N-dealkylation sites (tertiary alicyclic amines) is 1. The summed E-state index contributed by atoms with van der Waals surface area (Å²) in [6.07, 6.45) is 4.91. The number of aromatic amines is 1. The van der Waals surface area contributed by atoms with Crippen molar-refractivity contribution in [3.63, 3.8) is 0 Å². The van der Waals surface area contributed by atoms with Crippen LogP contribution >= 0.6 is 0 Å². The zero-order valence-corrected chi connectivity index (χ0v) is 20.8. The van der Waals surface area contributed by atoms with E-state index in [4.69, 9.17) is 6.42 Å². The number of pyridine rings is 1. The number of anilines is 1. The molecule has 3 aromatic rings. The van der Waals surface area contributed by atoms with Gasteiger partial charge < -0.3 is 15.2 Å². The fourth-order valence-electron chi connectivity index (χ4n) is 5.75. The predicted octanol–water partition coefficient (Wildman–Crippen LogP) is 5.29. The molecular formula is C28H31F4N5. The Kier molecular flexibility index (Phi) is 7.15. The molecule has 4 heterocycles. The van der Waals surface area contributed by atoms with E-state index in [0.717, 1.165) is 53.9 Å². The number of hydrogen-bond acceptors (Lipinski definition) is 4. The SMILES string of the molecule is C#Cc1ccc2c3c([nH]c2c1)[C@@H](c1ccc(N[C@H]2CCN(CCCF)C2)cn1)N(CC(F)(F)F)[C@H](C)C3. The van der Waals surface area contributed by atoms with Gasteiger partial charge in [0, 0.05) is 53.9 Å². The zero-order valence-electron chi connectivity index (χ0n) is 20.8. The monoisotopic (exact) mass is 513 g/mol. The number of benzene rings is 1. The third-order valence-electron chi connectivity index (χ3n) is 7.46. The number of nitrogens with one attached hydrogen (secondary N) is 2. The van der Waals surface area contributed by atoms with Crippen molar-refractivity contribution >= 4 is 16.6 Å². The Labute approximate surface area is 214 Å². The summed E-state index contributed by atoms with van der Waals surface area (Å²) in [6.45, 7) is 2.99. The van der Waals surface area contributed by atoms with Crippen molar-refractivity contribution < 1.29 is 17.6 Å². The van der Waals surface area contributed by atoms with E-state index in [2.05, 4.69) is 26.1 Å². The quantitative estimate of drug-likeness (QED) is 0.333. The van der Waals surface area contributed by atoms with Gasteiger partial charge in [-0.15, -0.1) is 6.42 Å². The molecule has 0 unspecified atom stereocenters. The third-order valence-corrected chi connectivity index (χ3v) is 7.46. The molecule has 1 saturated heterocycles. The van der Waals surface area contributed by atoms with Crippen molar-refractivity contribution in [3.05, 3.63) is 59.0 Å². The normalized spacial score (nSPS) is 22.8. The van der Waals surface area contributed by atoms with Crippen LogP contribution in [0.5, 0.6) is 0 Å². The van der Waals surface area contributed by atoms with Crippen molar-refractivity contribution in [1.82, 2.24) is 19.8 Å². The van der Waals surface area contributed by atoms with Crippen LogP contribution in [-0.4, -0.2) is 70.9 Å². The number of H-pyrrole nitrogens is 1. The van der Waals surface area contributed by atoms with E-state index in [1.165, 1.54) is 4.90 Å². The van der Waals surface area contributed by atoms with Gasteiger partial charge in [-0.25, -0.2) is 0 Å². The summed E-state index contributed by atoms with van der Waals surface area (Å²) in [7, 11) is 0. The van der Waals surface area contributed by atoms with Crippen LogP contribution in [0.25, 0.3) is 10.9 Å². The fourth-order valence-corrected chi connectivity index (χ4v) is 5.75. The summed E-state index contributed by atoms with van der Waals surface area (Å²) in [5, 5.41) is 4.45. The number of aromatic nitrogens is 2. The summed E-state index contributed by atoms with van der Waals surface area (Å²) in [5.41, 5.74) is 4.66. The molecule has 5 rings (SSSR count). The topological polar surface area (TPSA) is 47.2 Å². The van der Waals surface area contributed by atoms with Crippen molar-refractivity contribution in [1.29, 1.82) is 0 Å². The third kappa shape index (κ3) is 5.46. The minimum atomic E-state index is -4.34. The molecule has 0 bridgehead atoms. The lowest BCUT2D eigenvalue weighted by Gasteiger charge is -2.40. The highest BCUT2D eigenvalue weighted by atomic mass is 19.4. The average Bonchev–Trinajstić information content (AvgIpc) is 3.46. The van der Waals surface area contributed by atoms with Crippen LogP contribution in [0.2, 0.25) is 0 Å². The molecule has 0 radical (unpaired) electrons. The fraction of sp³-hybridized carbons (Fsp3) is 0.464. The molecule has 1 fully saturated rings. The zero-order chi connectivity index (χ0) is 26.2. The van der Waals surface area contributed by atoms with E-state index in [-0.39, 0.29) is 18.8 Å². The lowest BCUT2D eigenvalue weighted by Crippen LogP contribution is -2.47. The first-order valence-electron chi connectivity index (χ1n) is 12.7. The lowest BCUT2D eigenvalue weighted by molar-refractivity contribution is -0.155. The van der Waals surface area contributed by atoms with Crippen LogP contribution in [0.3, 0.4) is 0 Å². The van der Waals surface area contributed by atoms with Crippen molar-refractivity contribution in [2.45, 2.75) is 50.5 Å². The molecule has 2 aromatic heterocycles. The Hall–Kier alpha value is -3.09. The van der Waals surface area contributed by atoms with Crippen LogP contribution in [0.1, 0.15) is 48.3 Å².